The van der Waals surface area contributed by atoms with Crippen LogP contribution >= 0.6 is 0 Å². The summed E-state index contributed by atoms with van der Waals surface area (Å²) in [6, 6.07) is 3.10. The Balaban J connectivity index is 2.18. The van der Waals surface area contributed by atoms with Gasteiger partial charge < -0.3 is 15.0 Å². The Morgan fingerprint density at radius 3 is 2.82 bits per heavy atom. The van der Waals surface area contributed by atoms with Gasteiger partial charge in [-0.05, 0) is 25.3 Å². The molecule has 0 bridgehead atoms. The van der Waals surface area contributed by atoms with Crippen molar-refractivity contribution in [3.8, 4) is 0 Å². The van der Waals surface area contributed by atoms with Gasteiger partial charge in [0.2, 0.25) is 5.56 Å². The molecule has 0 aliphatic heterocycles. The standard InChI is InChI=1S/C12H16N2O3/c15-7-6-14(10-2-1-3-10)12(17)9-4-5-13-11(16)8-9/h4-5,8,10,15H,1-3,6-7H2,(H,13,16). The predicted molar refractivity (Wildman–Crippen MR) is 62.8 cm³/mol. The second kappa shape index (κ2) is 5.14. The Labute approximate surface area is 99.1 Å². The number of amides is 1. The number of pyridine rings is 1. The van der Waals surface area contributed by atoms with Crippen LogP contribution in [-0.4, -0.2) is 40.1 Å². The molecule has 1 saturated carbocycles. The molecular formula is C12H16N2O3. The van der Waals surface area contributed by atoms with Crippen LogP contribution in [0.4, 0.5) is 0 Å². The molecule has 5 nitrogen and oxygen atoms in total. The minimum atomic E-state index is -0.284. The van der Waals surface area contributed by atoms with Gasteiger partial charge in [-0.2, -0.15) is 0 Å². The maximum absolute atomic E-state index is 12.2. The lowest BCUT2D eigenvalue weighted by Gasteiger charge is -2.37. The van der Waals surface area contributed by atoms with Crippen LogP contribution in [-0.2, 0) is 0 Å². The number of aliphatic hydroxyl groups excluding tert-OH is 1. The van der Waals surface area contributed by atoms with Gasteiger partial charge in [0.1, 0.15) is 0 Å². The van der Waals surface area contributed by atoms with E-state index in [0.717, 1.165) is 19.3 Å². The van der Waals surface area contributed by atoms with Crippen molar-refractivity contribution in [1.82, 2.24) is 9.88 Å². The third-order valence-electron chi connectivity index (χ3n) is 3.14. The molecular weight excluding hydrogens is 220 g/mol. The molecule has 1 amide bonds. The fourth-order valence-electron chi connectivity index (χ4n) is 2.00. The van der Waals surface area contributed by atoms with Crippen molar-refractivity contribution in [2.75, 3.05) is 13.2 Å². The second-order valence-corrected chi connectivity index (χ2v) is 4.25. The van der Waals surface area contributed by atoms with Crippen LogP contribution in [0.25, 0.3) is 0 Å². The zero-order chi connectivity index (χ0) is 12.3. The average molecular weight is 236 g/mol. The minimum absolute atomic E-state index is 0.0502. The maximum atomic E-state index is 12.2. The Bertz CT molecular complexity index is 451. The van der Waals surface area contributed by atoms with Crippen molar-refractivity contribution in [2.24, 2.45) is 0 Å². The van der Waals surface area contributed by atoms with Crippen LogP contribution in [0.2, 0.25) is 0 Å². The van der Waals surface area contributed by atoms with Crippen molar-refractivity contribution in [3.63, 3.8) is 0 Å². The van der Waals surface area contributed by atoms with Crippen LogP contribution in [0.3, 0.4) is 0 Å². The number of nitrogens with one attached hydrogen (secondary N) is 1. The van der Waals surface area contributed by atoms with Crippen LogP contribution in [0.15, 0.2) is 23.1 Å². The molecule has 0 saturated heterocycles. The van der Waals surface area contributed by atoms with Crippen LogP contribution in [0, 0.1) is 0 Å². The Hall–Kier alpha value is -1.62. The highest BCUT2D eigenvalue weighted by Crippen LogP contribution is 2.25. The van der Waals surface area contributed by atoms with Crippen LogP contribution in [0.1, 0.15) is 29.6 Å². The van der Waals surface area contributed by atoms with Gasteiger partial charge in [-0.15, -0.1) is 0 Å². The third-order valence-corrected chi connectivity index (χ3v) is 3.14. The van der Waals surface area contributed by atoms with E-state index in [1.807, 2.05) is 0 Å². The summed E-state index contributed by atoms with van der Waals surface area (Å²) in [7, 11) is 0. The molecule has 5 heteroatoms. The number of aromatic amines is 1. The smallest absolute Gasteiger partial charge is 0.254 e. The van der Waals surface area contributed by atoms with Gasteiger partial charge in [0, 0.05) is 30.4 Å². The molecule has 0 atom stereocenters. The molecule has 1 aromatic heterocycles. The summed E-state index contributed by atoms with van der Waals surface area (Å²) in [6.45, 7) is 0.279. The Morgan fingerprint density at radius 1 is 1.53 bits per heavy atom. The highest BCUT2D eigenvalue weighted by Gasteiger charge is 2.28. The second-order valence-electron chi connectivity index (χ2n) is 4.25. The number of aromatic nitrogens is 1. The van der Waals surface area contributed by atoms with Crippen molar-refractivity contribution in [2.45, 2.75) is 25.3 Å². The van der Waals surface area contributed by atoms with E-state index in [1.54, 1.807) is 11.0 Å². The highest BCUT2D eigenvalue weighted by atomic mass is 16.3. The van der Waals surface area contributed by atoms with Crippen molar-refractivity contribution >= 4 is 5.91 Å². The number of aliphatic hydroxyl groups is 1. The van der Waals surface area contributed by atoms with Gasteiger partial charge in [-0.25, -0.2) is 0 Å². The van der Waals surface area contributed by atoms with Crippen molar-refractivity contribution in [3.05, 3.63) is 34.2 Å². The van der Waals surface area contributed by atoms with Gasteiger partial charge in [0.15, 0.2) is 0 Å². The summed E-state index contributed by atoms with van der Waals surface area (Å²) in [5.41, 5.74) is 0.0995. The minimum Gasteiger partial charge on any atom is -0.395 e. The number of hydrogen-bond acceptors (Lipinski definition) is 3. The van der Waals surface area contributed by atoms with E-state index in [1.165, 1.54) is 12.3 Å². The third kappa shape index (κ3) is 2.55. The van der Waals surface area contributed by atoms with Gasteiger partial charge in [-0.3, -0.25) is 9.59 Å². The summed E-state index contributed by atoms with van der Waals surface area (Å²) >= 11 is 0. The highest BCUT2D eigenvalue weighted by molar-refractivity contribution is 5.94. The summed E-state index contributed by atoms with van der Waals surface area (Å²) in [4.78, 5) is 27.5. The van der Waals surface area contributed by atoms with Crippen LogP contribution in [0.5, 0.6) is 0 Å². The SMILES string of the molecule is O=C(c1cc[nH]c(=O)c1)N(CCO)C1CCC1. The van der Waals surface area contributed by atoms with Crippen LogP contribution < -0.4 is 5.56 Å². The molecule has 2 N–H and O–H groups in total. The summed E-state index contributed by atoms with van der Waals surface area (Å²) in [6.07, 6.45) is 4.55. The molecule has 1 aliphatic carbocycles. The van der Waals surface area contributed by atoms with E-state index in [2.05, 4.69) is 4.98 Å². The number of H-pyrrole nitrogens is 1. The largest absolute Gasteiger partial charge is 0.395 e. The monoisotopic (exact) mass is 236 g/mol. The molecule has 0 spiro atoms. The molecule has 1 aromatic rings. The van der Waals surface area contributed by atoms with E-state index < -0.39 is 0 Å². The maximum Gasteiger partial charge on any atom is 0.254 e. The molecule has 1 aliphatic rings. The Morgan fingerprint density at radius 2 is 2.29 bits per heavy atom. The van der Waals surface area contributed by atoms with E-state index in [4.69, 9.17) is 5.11 Å². The fourth-order valence-corrected chi connectivity index (χ4v) is 2.00. The first-order chi connectivity index (χ1) is 8.22. The van der Waals surface area contributed by atoms with E-state index >= 15 is 0 Å². The van der Waals surface area contributed by atoms with Gasteiger partial charge in [0.25, 0.3) is 5.91 Å². The van der Waals surface area contributed by atoms with Gasteiger partial charge >= 0.3 is 0 Å². The number of nitrogens with zero attached hydrogens (tertiary/aromatic N) is 1. The normalized spacial score (nSPS) is 15.4. The Kier molecular flexibility index (Phi) is 3.58. The molecule has 0 aromatic carbocycles. The number of rotatable bonds is 4. The summed E-state index contributed by atoms with van der Waals surface area (Å²) < 4.78 is 0. The number of carbonyl (C=O) groups is 1. The summed E-state index contributed by atoms with van der Waals surface area (Å²) in [5.74, 6) is -0.171. The fraction of sp³-hybridized carbons (Fsp3) is 0.500. The van der Waals surface area contributed by atoms with Gasteiger partial charge in [0.05, 0.1) is 6.61 Å². The molecule has 92 valence electrons. The summed E-state index contributed by atoms with van der Waals surface area (Å²) in [5, 5.41) is 8.99. The molecule has 1 fully saturated rings. The zero-order valence-corrected chi connectivity index (χ0v) is 9.56. The average Bonchev–Trinajstić information content (AvgIpc) is 2.25. The lowest BCUT2D eigenvalue weighted by Crippen LogP contribution is -2.45. The van der Waals surface area contributed by atoms with E-state index in [0.29, 0.717) is 12.1 Å². The first-order valence-corrected chi connectivity index (χ1v) is 5.83. The number of carbonyl (C=O) groups excluding carboxylic acids is 1. The molecule has 2 rings (SSSR count). The number of hydrogen-bond donors (Lipinski definition) is 2. The lowest BCUT2D eigenvalue weighted by atomic mass is 9.91. The molecule has 17 heavy (non-hydrogen) atoms. The molecule has 1 heterocycles. The van der Waals surface area contributed by atoms with Crippen molar-refractivity contribution in [1.29, 1.82) is 0 Å². The van der Waals surface area contributed by atoms with Gasteiger partial charge in [-0.1, -0.05) is 0 Å². The van der Waals surface area contributed by atoms with E-state index in [-0.39, 0.29) is 24.1 Å². The van der Waals surface area contributed by atoms with Crippen molar-refractivity contribution < 1.29 is 9.90 Å². The zero-order valence-electron chi connectivity index (χ0n) is 9.56. The predicted octanol–water partition coefficient (Wildman–Crippen LogP) is 0.362. The lowest BCUT2D eigenvalue weighted by molar-refractivity contribution is 0.0525. The molecule has 0 unspecified atom stereocenters. The topological polar surface area (TPSA) is 73.4 Å². The quantitative estimate of drug-likeness (QED) is 0.792. The first-order valence-electron chi connectivity index (χ1n) is 5.83. The van der Waals surface area contributed by atoms with E-state index in [9.17, 15) is 9.59 Å². The first kappa shape index (κ1) is 11.9. The molecule has 0 radical (unpaired) electrons.